The van der Waals surface area contributed by atoms with Gasteiger partial charge in [-0.25, -0.2) is 4.79 Å². The summed E-state index contributed by atoms with van der Waals surface area (Å²) in [5.41, 5.74) is 2.26. The predicted octanol–water partition coefficient (Wildman–Crippen LogP) is 8.47. The van der Waals surface area contributed by atoms with Gasteiger partial charge in [0.15, 0.2) is 0 Å². The molecule has 2 aromatic carbocycles. The largest absolute Gasteiger partial charge is 0.441 e. The third-order valence-electron chi connectivity index (χ3n) is 6.85. The third kappa shape index (κ3) is 9.61. The van der Waals surface area contributed by atoms with Crippen molar-refractivity contribution in [3.05, 3.63) is 58.1 Å². The van der Waals surface area contributed by atoms with Crippen molar-refractivity contribution in [1.82, 2.24) is 4.90 Å². The smallest absolute Gasteiger partial charge is 0.410 e. The summed E-state index contributed by atoms with van der Waals surface area (Å²) in [7, 11) is -1.42. The first kappa shape index (κ1) is 30.6. The van der Waals surface area contributed by atoms with Gasteiger partial charge in [-0.2, -0.15) is 0 Å². The summed E-state index contributed by atoms with van der Waals surface area (Å²) in [4.78, 5) is 26.4. The molecule has 1 atom stereocenters. The highest BCUT2D eigenvalue weighted by atomic mass is 28.3. The van der Waals surface area contributed by atoms with Crippen molar-refractivity contribution in [1.29, 1.82) is 0 Å². The van der Waals surface area contributed by atoms with E-state index in [0.717, 1.165) is 62.5 Å². The molecule has 0 heterocycles. The number of amides is 1. The Bertz CT molecular complexity index is 990. The van der Waals surface area contributed by atoms with Crippen LogP contribution in [-0.4, -0.2) is 37.1 Å². The molecular weight excluding hydrogens is 480 g/mol. The van der Waals surface area contributed by atoms with Crippen LogP contribution in [0.2, 0.25) is 19.6 Å². The average Bonchev–Trinajstić information content (AvgIpc) is 2.86. The summed E-state index contributed by atoms with van der Waals surface area (Å²) in [6.45, 7) is 14.3. The number of ether oxygens (including phenoxy) is 1. The van der Waals surface area contributed by atoms with Gasteiger partial charge in [-0.15, -0.1) is 0 Å². The van der Waals surface area contributed by atoms with Gasteiger partial charge in [0.2, 0.25) is 0 Å². The summed E-state index contributed by atoms with van der Waals surface area (Å²) < 4.78 is 5.85. The summed E-state index contributed by atoms with van der Waals surface area (Å²) in [5, 5.41) is 13.2. The van der Waals surface area contributed by atoms with Crippen molar-refractivity contribution in [3.8, 4) is 11.1 Å². The van der Waals surface area contributed by atoms with Crippen molar-refractivity contribution in [2.24, 2.45) is 0 Å². The minimum atomic E-state index is -1.42. The quantitative estimate of drug-likeness (QED) is 0.101. The molecule has 2 aromatic rings. The maximum Gasteiger partial charge on any atom is 0.410 e. The van der Waals surface area contributed by atoms with Crippen LogP contribution in [0.5, 0.6) is 0 Å². The van der Waals surface area contributed by atoms with Crippen molar-refractivity contribution < 1.29 is 14.5 Å². The fraction of sp³-hybridized carbons (Fsp3) is 0.567. The Morgan fingerprint density at radius 1 is 0.892 bits per heavy atom. The number of nitro benzene ring substituents is 1. The standard InChI is InChI=1S/C30H46N2O4Si/c1-7-9-11-13-21-31(22-14-12-10-8-2)30(33)36-24(3)28-23-26(17-20-29(28)32(34)35)25-15-18-27(19-16-25)37(4,5)6/h15-20,23-24H,7-14,21-22H2,1-6H3. The number of carbonyl (C=O) groups is 1. The summed E-state index contributed by atoms with van der Waals surface area (Å²) in [6, 6.07) is 13.5. The number of hydrogen-bond acceptors (Lipinski definition) is 4. The van der Waals surface area contributed by atoms with Crippen molar-refractivity contribution in [2.75, 3.05) is 13.1 Å². The van der Waals surface area contributed by atoms with E-state index in [9.17, 15) is 14.9 Å². The van der Waals surface area contributed by atoms with Crippen LogP contribution in [0.3, 0.4) is 0 Å². The van der Waals surface area contributed by atoms with Gasteiger partial charge >= 0.3 is 6.09 Å². The number of nitrogens with zero attached hydrogens (tertiary/aromatic N) is 2. The van der Waals surface area contributed by atoms with E-state index in [0.29, 0.717) is 18.7 Å². The van der Waals surface area contributed by atoms with Crippen molar-refractivity contribution in [2.45, 2.75) is 97.9 Å². The lowest BCUT2D eigenvalue weighted by molar-refractivity contribution is -0.386. The van der Waals surface area contributed by atoms with Crippen LogP contribution in [-0.2, 0) is 4.74 Å². The van der Waals surface area contributed by atoms with E-state index in [-0.39, 0.29) is 11.8 Å². The molecule has 2 rings (SSSR count). The summed E-state index contributed by atoms with van der Waals surface area (Å²) in [6.07, 6.45) is 7.48. The summed E-state index contributed by atoms with van der Waals surface area (Å²) >= 11 is 0. The molecule has 0 aliphatic heterocycles. The first-order valence-electron chi connectivity index (χ1n) is 13.9. The molecule has 204 valence electrons. The minimum absolute atomic E-state index is 0.0276. The zero-order valence-electron chi connectivity index (χ0n) is 23.7. The van der Waals surface area contributed by atoms with E-state index in [4.69, 9.17) is 4.74 Å². The van der Waals surface area contributed by atoms with Gasteiger partial charge in [0, 0.05) is 19.2 Å². The second-order valence-electron chi connectivity index (χ2n) is 11.0. The molecular formula is C30H46N2O4Si. The molecule has 0 spiro atoms. The molecule has 1 amide bonds. The van der Waals surface area contributed by atoms with Crippen LogP contribution >= 0.6 is 0 Å². The van der Waals surface area contributed by atoms with E-state index < -0.39 is 19.1 Å². The van der Waals surface area contributed by atoms with Crippen LogP contribution in [0.4, 0.5) is 10.5 Å². The Morgan fingerprint density at radius 2 is 1.43 bits per heavy atom. The Balaban J connectivity index is 2.23. The molecule has 6 nitrogen and oxygen atoms in total. The van der Waals surface area contributed by atoms with Gasteiger partial charge in [-0.05, 0) is 43.0 Å². The maximum absolute atomic E-state index is 13.2. The van der Waals surface area contributed by atoms with E-state index in [1.165, 1.54) is 11.3 Å². The van der Waals surface area contributed by atoms with Crippen LogP contribution in [0, 0.1) is 10.1 Å². The lowest BCUT2D eigenvalue weighted by Crippen LogP contribution is -2.37. The van der Waals surface area contributed by atoms with E-state index in [2.05, 4.69) is 57.8 Å². The molecule has 0 bridgehead atoms. The van der Waals surface area contributed by atoms with E-state index in [1.807, 2.05) is 0 Å². The predicted molar refractivity (Wildman–Crippen MR) is 156 cm³/mol. The molecule has 0 N–H and O–H groups in total. The SMILES string of the molecule is CCCCCCN(CCCCCC)C(=O)OC(C)c1cc(-c2ccc([Si](C)(C)C)cc2)ccc1[N+](=O)[O-]. The third-order valence-corrected chi connectivity index (χ3v) is 8.91. The van der Waals surface area contributed by atoms with Gasteiger partial charge in [0.25, 0.3) is 5.69 Å². The first-order chi connectivity index (χ1) is 17.6. The molecule has 0 fully saturated rings. The molecule has 0 aromatic heterocycles. The van der Waals surface area contributed by atoms with Crippen LogP contribution in [0.15, 0.2) is 42.5 Å². The molecule has 1 unspecified atom stereocenters. The molecule has 7 heteroatoms. The van der Waals surface area contributed by atoms with E-state index >= 15 is 0 Å². The second-order valence-corrected chi connectivity index (χ2v) is 16.1. The Hall–Kier alpha value is -2.67. The Morgan fingerprint density at radius 3 is 1.92 bits per heavy atom. The van der Waals surface area contributed by atoms with Crippen LogP contribution in [0.1, 0.15) is 83.8 Å². The topological polar surface area (TPSA) is 72.7 Å². The number of rotatable bonds is 15. The fourth-order valence-electron chi connectivity index (χ4n) is 4.43. The van der Waals surface area contributed by atoms with Crippen molar-refractivity contribution in [3.63, 3.8) is 0 Å². The lowest BCUT2D eigenvalue weighted by atomic mass is 9.99. The fourth-order valence-corrected chi connectivity index (χ4v) is 5.60. The van der Waals surface area contributed by atoms with Crippen LogP contribution in [0.25, 0.3) is 11.1 Å². The second kappa shape index (κ2) is 14.9. The van der Waals surface area contributed by atoms with Gasteiger partial charge in [0.1, 0.15) is 6.10 Å². The highest BCUT2D eigenvalue weighted by Crippen LogP contribution is 2.32. The van der Waals surface area contributed by atoms with Gasteiger partial charge < -0.3 is 9.64 Å². The van der Waals surface area contributed by atoms with Crippen molar-refractivity contribution >= 4 is 25.0 Å². The average molecular weight is 527 g/mol. The van der Waals surface area contributed by atoms with Gasteiger partial charge in [-0.3, -0.25) is 10.1 Å². The normalized spacial score (nSPS) is 12.3. The molecule has 0 radical (unpaired) electrons. The maximum atomic E-state index is 13.2. The minimum Gasteiger partial charge on any atom is -0.441 e. The number of unbranched alkanes of at least 4 members (excludes halogenated alkanes) is 6. The summed E-state index contributed by atoms with van der Waals surface area (Å²) in [5.74, 6) is 0. The van der Waals surface area contributed by atoms with Gasteiger partial charge in [0.05, 0.1) is 18.6 Å². The van der Waals surface area contributed by atoms with Gasteiger partial charge in [-0.1, -0.05) is 101 Å². The highest BCUT2D eigenvalue weighted by molar-refractivity contribution is 6.88. The Labute approximate surface area is 224 Å². The zero-order valence-corrected chi connectivity index (χ0v) is 24.7. The lowest BCUT2D eigenvalue weighted by Gasteiger charge is -2.25. The number of nitro groups is 1. The first-order valence-corrected chi connectivity index (χ1v) is 17.4. The monoisotopic (exact) mass is 526 g/mol. The molecule has 0 saturated carbocycles. The highest BCUT2D eigenvalue weighted by Gasteiger charge is 2.25. The Kier molecular flexibility index (Phi) is 12.3. The molecule has 37 heavy (non-hydrogen) atoms. The number of benzene rings is 2. The molecule has 0 aliphatic rings. The molecule has 0 aliphatic carbocycles. The number of carbonyl (C=O) groups excluding carboxylic acids is 1. The molecule has 0 saturated heterocycles. The van der Waals surface area contributed by atoms with E-state index in [1.54, 1.807) is 24.0 Å². The number of hydrogen-bond donors (Lipinski definition) is 0. The zero-order chi connectivity index (χ0) is 27.4. The van der Waals surface area contributed by atoms with Crippen LogP contribution < -0.4 is 5.19 Å².